The molecule has 0 radical (unpaired) electrons. The lowest BCUT2D eigenvalue weighted by atomic mass is 10.1. The quantitative estimate of drug-likeness (QED) is 0.250. The molecule has 0 unspecified atom stereocenters. The minimum absolute atomic E-state index is 0.0371. The Labute approximate surface area is 220 Å². The highest BCUT2D eigenvalue weighted by Gasteiger charge is 2.33. The molecule has 38 heavy (non-hydrogen) atoms. The van der Waals surface area contributed by atoms with Crippen molar-refractivity contribution in [3.05, 3.63) is 94.6 Å². The maximum Gasteiger partial charge on any atom is 0.417 e. The van der Waals surface area contributed by atoms with E-state index in [1.807, 2.05) is 59.6 Å². The Morgan fingerprint density at radius 3 is 2.39 bits per heavy atom. The van der Waals surface area contributed by atoms with E-state index in [1.54, 1.807) is 18.3 Å². The number of fused-ring (bicyclic) bond motifs is 1. The highest BCUT2D eigenvalue weighted by atomic mass is 35.5. The number of benzene rings is 3. The summed E-state index contributed by atoms with van der Waals surface area (Å²) < 4.78 is 43.2. The van der Waals surface area contributed by atoms with E-state index >= 15 is 0 Å². The SMILES string of the molecule is Cc1ccc(NC(=O)Nc2ccc(Cl)c(C(F)(F)F)c2)cc1-c1nc2c(cnn2Cc2ccccc2)n1C. The topological polar surface area (TPSA) is 76.8 Å². The fourth-order valence-electron chi connectivity index (χ4n) is 4.18. The van der Waals surface area contributed by atoms with Gasteiger partial charge in [-0.25, -0.2) is 14.5 Å². The molecule has 0 fully saturated rings. The second-order valence-electron chi connectivity index (χ2n) is 8.79. The molecule has 0 atom stereocenters. The first-order chi connectivity index (χ1) is 18.1. The molecular weight excluding hydrogens is 517 g/mol. The molecule has 3 aromatic carbocycles. The predicted octanol–water partition coefficient (Wildman–Crippen LogP) is 7.11. The number of aryl methyl sites for hydroxylation is 2. The van der Waals surface area contributed by atoms with Crippen molar-refractivity contribution >= 4 is 40.2 Å². The Bertz CT molecular complexity index is 1640. The molecule has 5 rings (SSSR count). The van der Waals surface area contributed by atoms with Crippen LogP contribution in [0.5, 0.6) is 0 Å². The van der Waals surface area contributed by atoms with Crippen molar-refractivity contribution in [2.24, 2.45) is 7.05 Å². The number of aromatic nitrogens is 4. The first-order valence-electron chi connectivity index (χ1n) is 11.6. The number of alkyl halides is 3. The molecule has 2 aromatic heterocycles. The maximum absolute atomic E-state index is 13.2. The zero-order valence-corrected chi connectivity index (χ0v) is 21.1. The fraction of sp³-hybridized carbons (Fsp3) is 0.148. The van der Waals surface area contributed by atoms with E-state index in [2.05, 4.69) is 15.7 Å². The Kier molecular flexibility index (Phi) is 6.58. The van der Waals surface area contributed by atoms with Gasteiger partial charge in [0.25, 0.3) is 0 Å². The van der Waals surface area contributed by atoms with Crippen molar-refractivity contribution in [1.82, 2.24) is 19.3 Å². The highest BCUT2D eigenvalue weighted by molar-refractivity contribution is 6.31. The molecule has 0 aliphatic carbocycles. The third-order valence-corrected chi connectivity index (χ3v) is 6.45. The van der Waals surface area contributed by atoms with Crippen LogP contribution in [0.25, 0.3) is 22.6 Å². The van der Waals surface area contributed by atoms with Crippen LogP contribution in [0.1, 0.15) is 16.7 Å². The van der Waals surface area contributed by atoms with Crippen molar-refractivity contribution in [3.8, 4) is 11.4 Å². The lowest BCUT2D eigenvalue weighted by molar-refractivity contribution is -0.137. The number of imidazole rings is 1. The van der Waals surface area contributed by atoms with E-state index in [0.717, 1.165) is 40.0 Å². The average molecular weight is 539 g/mol. The summed E-state index contributed by atoms with van der Waals surface area (Å²) >= 11 is 5.66. The minimum atomic E-state index is -4.64. The number of urea groups is 1. The molecule has 11 heteroatoms. The monoisotopic (exact) mass is 538 g/mol. The lowest BCUT2D eigenvalue weighted by Gasteiger charge is -2.13. The number of amides is 2. The van der Waals surface area contributed by atoms with Gasteiger partial charge in [-0.15, -0.1) is 0 Å². The number of hydrogen-bond acceptors (Lipinski definition) is 3. The Hall–Kier alpha value is -4.31. The molecule has 0 spiro atoms. The zero-order chi connectivity index (χ0) is 27.0. The summed E-state index contributed by atoms with van der Waals surface area (Å²) in [6.45, 7) is 2.50. The normalized spacial score (nSPS) is 11.6. The molecule has 194 valence electrons. The summed E-state index contributed by atoms with van der Waals surface area (Å²) in [6.07, 6.45) is -2.87. The van der Waals surface area contributed by atoms with Gasteiger partial charge < -0.3 is 15.2 Å². The van der Waals surface area contributed by atoms with Crippen molar-refractivity contribution in [2.75, 3.05) is 10.6 Å². The second kappa shape index (κ2) is 9.86. The van der Waals surface area contributed by atoms with Gasteiger partial charge in [0.15, 0.2) is 5.65 Å². The predicted molar refractivity (Wildman–Crippen MR) is 141 cm³/mol. The average Bonchev–Trinajstić information content (AvgIpc) is 3.41. The van der Waals surface area contributed by atoms with Gasteiger partial charge in [-0.3, -0.25) is 0 Å². The van der Waals surface area contributed by atoms with Gasteiger partial charge in [0.05, 0.1) is 23.3 Å². The molecule has 0 aliphatic heterocycles. The van der Waals surface area contributed by atoms with Gasteiger partial charge in [-0.2, -0.15) is 18.3 Å². The van der Waals surface area contributed by atoms with Gasteiger partial charge in [0.1, 0.15) is 11.3 Å². The lowest BCUT2D eigenvalue weighted by Crippen LogP contribution is -2.20. The van der Waals surface area contributed by atoms with Gasteiger partial charge in [0, 0.05) is 24.0 Å². The number of carbonyl (C=O) groups excluding carboxylic acids is 1. The summed E-state index contributed by atoms with van der Waals surface area (Å²) in [5.41, 5.74) is 3.79. The second-order valence-corrected chi connectivity index (χ2v) is 9.20. The van der Waals surface area contributed by atoms with Gasteiger partial charge >= 0.3 is 12.2 Å². The van der Waals surface area contributed by atoms with E-state index in [-0.39, 0.29) is 5.69 Å². The number of nitrogens with one attached hydrogen (secondary N) is 2. The Morgan fingerprint density at radius 2 is 1.68 bits per heavy atom. The third-order valence-electron chi connectivity index (χ3n) is 6.12. The molecular formula is C27H22ClF3N6O. The molecule has 0 saturated heterocycles. The van der Waals surface area contributed by atoms with Gasteiger partial charge in [0.2, 0.25) is 0 Å². The van der Waals surface area contributed by atoms with Crippen molar-refractivity contribution in [3.63, 3.8) is 0 Å². The number of halogens is 4. The summed E-state index contributed by atoms with van der Waals surface area (Å²) in [5, 5.41) is 9.13. The highest BCUT2D eigenvalue weighted by Crippen LogP contribution is 2.36. The molecule has 0 saturated carbocycles. The van der Waals surface area contributed by atoms with Crippen LogP contribution >= 0.6 is 11.6 Å². The van der Waals surface area contributed by atoms with Crippen LogP contribution in [-0.2, 0) is 19.8 Å². The van der Waals surface area contributed by atoms with Crippen LogP contribution in [-0.4, -0.2) is 25.4 Å². The van der Waals surface area contributed by atoms with Crippen LogP contribution in [0.15, 0.2) is 72.9 Å². The Morgan fingerprint density at radius 1 is 1.00 bits per heavy atom. The van der Waals surface area contributed by atoms with E-state index < -0.39 is 22.8 Å². The molecule has 0 aliphatic rings. The van der Waals surface area contributed by atoms with E-state index in [9.17, 15) is 18.0 Å². The van der Waals surface area contributed by atoms with Crippen LogP contribution < -0.4 is 10.6 Å². The molecule has 2 amide bonds. The minimum Gasteiger partial charge on any atom is -0.324 e. The number of carbonyl (C=O) groups is 1. The van der Waals surface area contributed by atoms with Gasteiger partial charge in [-0.1, -0.05) is 48.0 Å². The van der Waals surface area contributed by atoms with Crippen LogP contribution in [0.3, 0.4) is 0 Å². The first-order valence-corrected chi connectivity index (χ1v) is 12.0. The molecule has 0 bridgehead atoms. The van der Waals surface area contributed by atoms with Gasteiger partial charge in [-0.05, 0) is 48.4 Å². The zero-order valence-electron chi connectivity index (χ0n) is 20.3. The maximum atomic E-state index is 13.2. The Balaban J connectivity index is 1.39. The van der Waals surface area contributed by atoms with E-state index in [0.29, 0.717) is 18.1 Å². The summed E-state index contributed by atoms with van der Waals surface area (Å²) in [4.78, 5) is 17.4. The fourth-order valence-corrected chi connectivity index (χ4v) is 4.40. The number of hydrogen-bond donors (Lipinski definition) is 2. The molecule has 2 N–H and O–H groups in total. The largest absolute Gasteiger partial charge is 0.417 e. The molecule has 7 nitrogen and oxygen atoms in total. The smallest absolute Gasteiger partial charge is 0.324 e. The van der Waals surface area contributed by atoms with Crippen LogP contribution in [0.2, 0.25) is 5.02 Å². The number of rotatable bonds is 5. The van der Waals surface area contributed by atoms with E-state index in [1.165, 1.54) is 6.07 Å². The van der Waals surface area contributed by atoms with Crippen molar-refractivity contribution < 1.29 is 18.0 Å². The standard InChI is InChI=1S/C27H22ClF3N6O/c1-16-8-9-18(33-26(38)34-19-10-11-22(28)21(13-19)27(29,30)31)12-20(16)24-35-25-23(36(24)2)14-32-37(25)15-17-6-4-3-5-7-17/h3-14H,15H2,1-2H3,(H2,33,34,38). The number of anilines is 2. The molecule has 2 heterocycles. The molecule has 5 aromatic rings. The first kappa shape index (κ1) is 25.3. The summed E-state index contributed by atoms with van der Waals surface area (Å²) in [6, 6.07) is 17.8. The summed E-state index contributed by atoms with van der Waals surface area (Å²) in [5.74, 6) is 0.688. The van der Waals surface area contributed by atoms with Crippen LogP contribution in [0.4, 0.5) is 29.3 Å². The third kappa shape index (κ3) is 5.08. The van der Waals surface area contributed by atoms with Crippen LogP contribution in [0, 0.1) is 6.92 Å². The van der Waals surface area contributed by atoms with Crippen molar-refractivity contribution in [2.45, 2.75) is 19.6 Å². The van der Waals surface area contributed by atoms with Crippen molar-refractivity contribution in [1.29, 1.82) is 0 Å². The summed E-state index contributed by atoms with van der Waals surface area (Å²) in [7, 11) is 1.89. The number of nitrogens with zero attached hydrogens (tertiary/aromatic N) is 4. The van der Waals surface area contributed by atoms with E-state index in [4.69, 9.17) is 16.6 Å².